The smallest absolute Gasteiger partial charge is 0.255 e. The Morgan fingerprint density at radius 3 is 2.29 bits per heavy atom. The molecule has 0 fully saturated rings. The number of carbonyl (C=O) groups is 1. The first kappa shape index (κ1) is 10.2. The third-order valence-electron chi connectivity index (χ3n) is 1.48. The fourth-order valence-corrected chi connectivity index (χ4v) is 0.845. The van der Waals surface area contributed by atoms with Crippen LogP contribution in [-0.4, -0.2) is 6.04 Å². The molecule has 1 aromatic carbocycles. The standard InChI is InChI=1S/C8HF4NO/c9-5-1-3(8(12)14)6(10)4(2-13)7(5)11/h1H. The quantitative estimate of drug-likeness (QED) is 0.398. The molecule has 0 bridgehead atoms. The van der Waals surface area contributed by atoms with Crippen LogP contribution < -0.4 is 0 Å². The lowest BCUT2D eigenvalue weighted by atomic mass is 10.1. The summed E-state index contributed by atoms with van der Waals surface area (Å²) in [5.41, 5.74) is -2.61. The van der Waals surface area contributed by atoms with Crippen LogP contribution in [0.4, 0.5) is 17.6 Å². The van der Waals surface area contributed by atoms with E-state index in [1.807, 2.05) is 0 Å². The number of hydrogen-bond donors (Lipinski definition) is 0. The fourth-order valence-electron chi connectivity index (χ4n) is 0.845. The molecule has 1 aromatic rings. The summed E-state index contributed by atoms with van der Waals surface area (Å²) in [5.74, 6) is -5.09. The molecule has 2 nitrogen and oxygen atoms in total. The Bertz CT molecular complexity index is 450. The summed E-state index contributed by atoms with van der Waals surface area (Å²) in [4.78, 5) is 10.1. The van der Waals surface area contributed by atoms with Gasteiger partial charge in [0.05, 0.1) is 5.56 Å². The number of nitriles is 1. The van der Waals surface area contributed by atoms with E-state index < -0.39 is 34.6 Å². The monoisotopic (exact) mass is 203 g/mol. The van der Waals surface area contributed by atoms with Gasteiger partial charge >= 0.3 is 6.04 Å². The molecule has 0 aliphatic heterocycles. The van der Waals surface area contributed by atoms with Crippen LogP contribution in [0.25, 0.3) is 0 Å². The molecule has 0 radical (unpaired) electrons. The second kappa shape index (κ2) is 3.46. The number of nitrogens with zero attached hydrogens (tertiary/aromatic N) is 1. The molecule has 0 aliphatic rings. The third kappa shape index (κ3) is 1.44. The lowest BCUT2D eigenvalue weighted by Crippen LogP contribution is -2.04. The third-order valence-corrected chi connectivity index (χ3v) is 1.48. The van der Waals surface area contributed by atoms with Crippen molar-refractivity contribution in [2.24, 2.45) is 0 Å². The van der Waals surface area contributed by atoms with Gasteiger partial charge in [0.25, 0.3) is 0 Å². The summed E-state index contributed by atoms with van der Waals surface area (Å²) in [6, 6.07) is -1.21. The number of rotatable bonds is 1. The van der Waals surface area contributed by atoms with Gasteiger partial charge in [-0.05, 0) is 6.07 Å². The Morgan fingerprint density at radius 1 is 1.29 bits per heavy atom. The summed E-state index contributed by atoms with van der Waals surface area (Å²) in [7, 11) is 0. The van der Waals surface area contributed by atoms with E-state index in [0.29, 0.717) is 0 Å². The van der Waals surface area contributed by atoms with Crippen LogP contribution in [0.1, 0.15) is 15.9 Å². The molecule has 0 heterocycles. The first-order valence-corrected chi connectivity index (χ1v) is 3.26. The Labute approximate surface area is 75.4 Å². The lowest BCUT2D eigenvalue weighted by molar-refractivity contribution is 0.0830. The SMILES string of the molecule is N#Cc1c(F)c(F)cc(C(=O)F)c1F. The highest BCUT2D eigenvalue weighted by Gasteiger charge is 2.22. The Balaban J connectivity index is 3.61. The largest absolute Gasteiger partial charge is 0.335 e. The van der Waals surface area contributed by atoms with E-state index in [2.05, 4.69) is 0 Å². The number of benzene rings is 1. The maximum atomic E-state index is 12.9. The molecule has 0 aliphatic carbocycles. The van der Waals surface area contributed by atoms with Crippen molar-refractivity contribution >= 4 is 6.04 Å². The highest BCUT2D eigenvalue weighted by molar-refractivity contribution is 5.89. The van der Waals surface area contributed by atoms with Crippen LogP contribution in [0.3, 0.4) is 0 Å². The molecule has 0 amide bonds. The van der Waals surface area contributed by atoms with Crippen LogP contribution in [0.2, 0.25) is 0 Å². The highest BCUT2D eigenvalue weighted by Crippen LogP contribution is 2.20. The molecule has 0 N–H and O–H groups in total. The minimum absolute atomic E-state index is 0.0633. The van der Waals surface area contributed by atoms with Gasteiger partial charge < -0.3 is 0 Å². The van der Waals surface area contributed by atoms with Crippen molar-refractivity contribution in [1.82, 2.24) is 0 Å². The minimum Gasteiger partial charge on any atom is -0.255 e. The lowest BCUT2D eigenvalue weighted by Gasteiger charge is -2.00. The predicted octanol–water partition coefficient (Wildman–Crippen LogP) is 2.09. The van der Waals surface area contributed by atoms with E-state index in [1.165, 1.54) is 0 Å². The van der Waals surface area contributed by atoms with Gasteiger partial charge in [-0.1, -0.05) is 0 Å². The van der Waals surface area contributed by atoms with Crippen LogP contribution >= 0.6 is 0 Å². The fraction of sp³-hybridized carbons (Fsp3) is 0. The summed E-state index contributed by atoms with van der Waals surface area (Å²) < 4.78 is 50.1. The van der Waals surface area contributed by atoms with Gasteiger partial charge in [0.15, 0.2) is 17.5 Å². The summed E-state index contributed by atoms with van der Waals surface area (Å²) >= 11 is 0. The summed E-state index contributed by atoms with van der Waals surface area (Å²) in [5, 5.41) is 8.20. The van der Waals surface area contributed by atoms with Gasteiger partial charge in [0.2, 0.25) is 0 Å². The molecule has 6 heteroatoms. The summed E-state index contributed by atoms with van der Waals surface area (Å²) in [6.07, 6.45) is 0. The number of halogens is 4. The van der Waals surface area contributed by atoms with Crippen molar-refractivity contribution in [2.45, 2.75) is 0 Å². The van der Waals surface area contributed by atoms with Gasteiger partial charge in [-0.3, -0.25) is 4.79 Å². The molecule has 0 aromatic heterocycles. The zero-order valence-electron chi connectivity index (χ0n) is 6.44. The molecule has 72 valence electrons. The van der Waals surface area contributed by atoms with Gasteiger partial charge in [0, 0.05) is 0 Å². The second-order valence-electron chi connectivity index (χ2n) is 2.29. The number of hydrogen-bond acceptors (Lipinski definition) is 2. The molecule has 0 saturated heterocycles. The van der Waals surface area contributed by atoms with Crippen LogP contribution in [0.5, 0.6) is 0 Å². The average molecular weight is 203 g/mol. The molecule has 0 atom stereocenters. The Morgan fingerprint density at radius 2 is 1.86 bits per heavy atom. The van der Waals surface area contributed by atoms with Gasteiger partial charge in [-0.15, -0.1) is 0 Å². The van der Waals surface area contributed by atoms with Crippen LogP contribution in [0, 0.1) is 28.8 Å². The first-order chi connectivity index (χ1) is 6.49. The average Bonchev–Trinajstić information content (AvgIpc) is 2.12. The Kier molecular flexibility index (Phi) is 2.51. The maximum Gasteiger partial charge on any atom is 0.335 e. The van der Waals surface area contributed by atoms with E-state index in [-0.39, 0.29) is 6.07 Å². The predicted molar refractivity (Wildman–Crippen MR) is 36.5 cm³/mol. The van der Waals surface area contributed by atoms with Gasteiger partial charge in [-0.2, -0.15) is 9.65 Å². The van der Waals surface area contributed by atoms with Crippen molar-refractivity contribution in [3.63, 3.8) is 0 Å². The number of carbonyl (C=O) groups excluding carboxylic acids is 1. The van der Waals surface area contributed by atoms with Crippen molar-refractivity contribution in [2.75, 3.05) is 0 Å². The maximum absolute atomic E-state index is 12.9. The molecular formula is C8HF4NO. The van der Waals surface area contributed by atoms with Crippen molar-refractivity contribution < 1.29 is 22.4 Å². The zero-order chi connectivity index (χ0) is 10.9. The van der Waals surface area contributed by atoms with Gasteiger partial charge in [0.1, 0.15) is 11.6 Å². The molecule has 14 heavy (non-hydrogen) atoms. The second-order valence-corrected chi connectivity index (χ2v) is 2.29. The first-order valence-electron chi connectivity index (χ1n) is 3.26. The molecule has 0 unspecified atom stereocenters. The van der Waals surface area contributed by atoms with Crippen molar-refractivity contribution in [3.8, 4) is 6.07 Å². The summed E-state index contributed by atoms with van der Waals surface area (Å²) in [6.45, 7) is 0. The van der Waals surface area contributed by atoms with Gasteiger partial charge in [-0.25, -0.2) is 13.2 Å². The molecule has 0 spiro atoms. The topological polar surface area (TPSA) is 40.9 Å². The minimum atomic E-state index is -2.27. The van der Waals surface area contributed by atoms with Crippen molar-refractivity contribution in [3.05, 3.63) is 34.6 Å². The normalized spacial score (nSPS) is 9.64. The molecule has 1 rings (SSSR count). The molecular weight excluding hydrogens is 202 g/mol. The van der Waals surface area contributed by atoms with E-state index in [1.54, 1.807) is 0 Å². The van der Waals surface area contributed by atoms with E-state index >= 15 is 0 Å². The Hall–Kier alpha value is -1.90. The van der Waals surface area contributed by atoms with Crippen LogP contribution in [0.15, 0.2) is 6.07 Å². The van der Waals surface area contributed by atoms with E-state index in [9.17, 15) is 22.4 Å². The van der Waals surface area contributed by atoms with Crippen molar-refractivity contribution in [1.29, 1.82) is 5.26 Å². The zero-order valence-corrected chi connectivity index (χ0v) is 6.44. The van der Waals surface area contributed by atoms with Crippen LogP contribution in [-0.2, 0) is 0 Å². The highest BCUT2D eigenvalue weighted by atomic mass is 19.2. The van der Waals surface area contributed by atoms with E-state index in [4.69, 9.17) is 5.26 Å². The van der Waals surface area contributed by atoms with E-state index in [0.717, 1.165) is 6.07 Å². The molecule has 0 saturated carbocycles.